The Kier molecular flexibility index (Phi) is 4.20. The summed E-state index contributed by atoms with van der Waals surface area (Å²) in [6, 6.07) is 13.0. The van der Waals surface area contributed by atoms with Crippen molar-refractivity contribution in [2.45, 2.75) is 13.3 Å². The summed E-state index contributed by atoms with van der Waals surface area (Å²) in [5, 5.41) is 0.660. The number of carbonyl (C=O) groups excluding carboxylic acids is 1. The summed E-state index contributed by atoms with van der Waals surface area (Å²) < 4.78 is 1.02. The van der Waals surface area contributed by atoms with Crippen molar-refractivity contribution in [3.05, 3.63) is 68.7 Å². The average molecular weight is 324 g/mol. The third-order valence-corrected chi connectivity index (χ3v) is 3.86. The molecule has 0 N–H and O–H groups in total. The fraction of sp³-hybridized carbons (Fsp3) is 0.133. The number of ketones is 1. The molecule has 0 spiro atoms. The average Bonchev–Trinajstić information content (AvgIpc) is 2.32. The third kappa shape index (κ3) is 3.21. The summed E-state index contributed by atoms with van der Waals surface area (Å²) in [5.41, 5.74) is 2.73. The van der Waals surface area contributed by atoms with Crippen LogP contribution in [0.3, 0.4) is 0 Å². The zero-order valence-corrected chi connectivity index (χ0v) is 12.3. The number of aryl methyl sites for hydroxylation is 1. The van der Waals surface area contributed by atoms with Crippen molar-refractivity contribution in [2.24, 2.45) is 0 Å². The molecular formula is C15H12BrClO. The zero-order valence-electron chi connectivity index (χ0n) is 9.91. The van der Waals surface area contributed by atoms with Crippen molar-refractivity contribution in [1.82, 2.24) is 0 Å². The van der Waals surface area contributed by atoms with Gasteiger partial charge in [0.1, 0.15) is 0 Å². The van der Waals surface area contributed by atoms with Gasteiger partial charge in [-0.1, -0.05) is 45.7 Å². The molecule has 0 aliphatic heterocycles. The smallest absolute Gasteiger partial charge is 0.167 e. The number of benzene rings is 2. The standard InChI is InChI=1S/C15H12BrClO/c1-10-7-12(5-6-14(10)16)15(18)9-11-3-2-4-13(17)8-11/h2-8H,9H2,1H3. The van der Waals surface area contributed by atoms with Crippen molar-refractivity contribution in [1.29, 1.82) is 0 Å². The van der Waals surface area contributed by atoms with Crippen LogP contribution in [0.4, 0.5) is 0 Å². The molecule has 0 unspecified atom stereocenters. The van der Waals surface area contributed by atoms with E-state index in [0.717, 1.165) is 21.2 Å². The molecule has 3 heteroatoms. The lowest BCUT2D eigenvalue weighted by Gasteiger charge is -2.04. The molecule has 1 nitrogen and oxygen atoms in total. The molecule has 0 radical (unpaired) electrons. The highest BCUT2D eigenvalue weighted by molar-refractivity contribution is 9.10. The second kappa shape index (κ2) is 5.68. The molecule has 0 heterocycles. The van der Waals surface area contributed by atoms with E-state index in [9.17, 15) is 4.79 Å². The molecule has 0 bridgehead atoms. The van der Waals surface area contributed by atoms with Gasteiger partial charge in [0.15, 0.2) is 5.78 Å². The SMILES string of the molecule is Cc1cc(C(=O)Cc2cccc(Cl)c2)ccc1Br. The van der Waals surface area contributed by atoms with Gasteiger partial charge in [0.25, 0.3) is 0 Å². The lowest BCUT2D eigenvalue weighted by atomic mass is 10.0. The first-order valence-corrected chi connectivity index (χ1v) is 6.77. The number of halogens is 2. The van der Waals surface area contributed by atoms with Crippen LogP contribution in [0.25, 0.3) is 0 Å². The van der Waals surface area contributed by atoms with E-state index in [4.69, 9.17) is 11.6 Å². The van der Waals surface area contributed by atoms with Gasteiger partial charge < -0.3 is 0 Å². The lowest BCUT2D eigenvalue weighted by molar-refractivity contribution is 0.0993. The first-order chi connectivity index (χ1) is 8.56. The molecule has 2 rings (SSSR count). The molecule has 2 aromatic rings. The maximum absolute atomic E-state index is 12.1. The van der Waals surface area contributed by atoms with Gasteiger partial charge in [0.05, 0.1) is 0 Å². The number of rotatable bonds is 3. The highest BCUT2D eigenvalue weighted by atomic mass is 79.9. The Morgan fingerprint density at radius 2 is 2.00 bits per heavy atom. The van der Waals surface area contributed by atoms with E-state index in [1.165, 1.54) is 0 Å². The number of hydrogen-bond donors (Lipinski definition) is 0. The molecule has 0 aliphatic rings. The Labute approximate surface area is 120 Å². The molecular weight excluding hydrogens is 312 g/mol. The molecule has 0 saturated carbocycles. The second-order valence-corrected chi connectivity index (χ2v) is 5.48. The molecule has 0 amide bonds. The minimum atomic E-state index is 0.105. The van der Waals surface area contributed by atoms with Gasteiger partial charge in [-0.2, -0.15) is 0 Å². The van der Waals surface area contributed by atoms with Gasteiger partial charge in [0.2, 0.25) is 0 Å². The van der Waals surface area contributed by atoms with Gasteiger partial charge in [-0.3, -0.25) is 4.79 Å². The largest absolute Gasteiger partial charge is 0.294 e. The van der Waals surface area contributed by atoms with Gasteiger partial charge in [0, 0.05) is 21.5 Å². The maximum Gasteiger partial charge on any atom is 0.167 e. The Balaban J connectivity index is 2.19. The summed E-state index contributed by atoms with van der Waals surface area (Å²) in [6.07, 6.45) is 0.377. The van der Waals surface area contributed by atoms with E-state index in [2.05, 4.69) is 15.9 Å². The molecule has 92 valence electrons. The topological polar surface area (TPSA) is 17.1 Å². The number of Topliss-reactive ketones (excluding diaryl/α,β-unsaturated/α-hetero) is 1. The van der Waals surface area contributed by atoms with Crippen LogP contribution < -0.4 is 0 Å². The summed E-state index contributed by atoms with van der Waals surface area (Å²) in [6.45, 7) is 1.97. The first kappa shape index (κ1) is 13.3. The molecule has 0 fully saturated rings. The highest BCUT2D eigenvalue weighted by Crippen LogP contribution is 2.19. The molecule has 0 saturated heterocycles. The minimum Gasteiger partial charge on any atom is -0.294 e. The Morgan fingerprint density at radius 1 is 1.22 bits per heavy atom. The number of hydrogen-bond acceptors (Lipinski definition) is 1. The molecule has 0 aliphatic carbocycles. The van der Waals surface area contributed by atoms with E-state index in [1.807, 2.05) is 43.3 Å². The lowest BCUT2D eigenvalue weighted by Crippen LogP contribution is -2.03. The second-order valence-electron chi connectivity index (χ2n) is 4.19. The van der Waals surface area contributed by atoms with E-state index >= 15 is 0 Å². The van der Waals surface area contributed by atoms with Crippen LogP contribution in [-0.2, 0) is 6.42 Å². The van der Waals surface area contributed by atoms with Crippen LogP contribution in [0.1, 0.15) is 21.5 Å². The van der Waals surface area contributed by atoms with Crippen LogP contribution in [0.5, 0.6) is 0 Å². The highest BCUT2D eigenvalue weighted by Gasteiger charge is 2.08. The summed E-state index contributed by atoms with van der Waals surface area (Å²) in [4.78, 5) is 12.1. The van der Waals surface area contributed by atoms with Crippen LogP contribution in [0.2, 0.25) is 5.02 Å². The van der Waals surface area contributed by atoms with E-state index < -0.39 is 0 Å². The number of carbonyl (C=O) groups is 1. The van der Waals surface area contributed by atoms with Gasteiger partial charge in [-0.05, 0) is 42.3 Å². The van der Waals surface area contributed by atoms with Gasteiger partial charge in [-0.15, -0.1) is 0 Å². The van der Waals surface area contributed by atoms with Gasteiger partial charge >= 0.3 is 0 Å². The van der Waals surface area contributed by atoms with Crippen molar-refractivity contribution in [3.8, 4) is 0 Å². The van der Waals surface area contributed by atoms with Crippen molar-refractivity contribution >= 4 is 33.3 Å². The molecule has 18 heavy (non-hydrogen) atoms. The summed E-state index contributed by atoms with van der Waals surface area (Å²) >= 11 is 9.33. The van der Waals surface area contributed by atoms with Crippen LogP contribution in [0, 0.1) is 6.92 Å². The van der Waals surface area contributed by atoms with Crippen molar-refractivity contribution in [3.63, 3.8) is 0 Å². The van der Waals surface area contributed by atoms with E-state index in [1.54, 1.807) is 6.07 Å². The molecule has 2 aromatic carbocycles. The Morgan fingerprint density at radius 3 is 2.67 bits per heavy atom. The summed E-state index contributed by atoms with van der Waals surface area (Å²) in [7, 11) is 0. The van der Waals surface area contributed by atoms with E-state index in [-0.39, 0.29) is 5.78 Å². The van der Waals surface area contributed by atoms with Gasteiger partial charge in [-0.25, -0.2) is 0 Å². The normalized spacial score (nSPS) is 10.4. The fourth-order valence-electron chi connectivity index (χ4n) is 1.75. The molecule has 0 atom stereocenters. The van der Waals surface area contributed by atoms with E-state index in [0.29, 0.717) is 11.4 Å². The third-order valence-electron chi connectivity index (χ3n) is 2.73. The fourth-order valence-corrected chi connectivity index (χ4v) is 2.21. The van der Waals surface area contributed by atoms with Crippen molar-refractivity contribution < 1.29 is 4.79 Å². The Hall–Kier alpha value is -1.12. The monoisotopic (exact) mass is 322 g/mol. The minimum absolute atomic E-state index is 0.105. The predicted molar refractivity (Wildman–Crippen MR) is 78.4 cm³/mol. The Bertz CT molecular complexity index is 593. The van der Waals surface area contributed by atoms with Crippen molar-refractivity contribution in [2.75, 3.05) is 0 Å². The quantitative estimate of drug-likeness (QED) is 0.739. The summed E-state index contributed by atoms with van der Waals surface area (Å²) in [5.74, 6) is 0.105. The first-order valence-electron chi connectivity index (χ1n) is 5.60. The van der Waals surface area contributed by atoms with Crippen LogP contribution >= 0.6 is 27.5 Å². The van der Waals surface area contributed by atoms with Crippen LogP contribution in [0.15, 0.2) is 46.9 Å². The van der Waals surface area contributed by atoms with Crippen LogP contribution in [-0.4, -0.2) is 5.78 Å². The zero-order chi connectivity index (χ0) is 13.1. The predicted octanol–water partition coefficient (Wildman–Crippen LogP) is 4.84. The maximum atomic E-state index is 12.1. The molecule has 0 aromatic heterocycles.